The number of Topliss-reactive ketones (excluding diaryl/α,β-unsaturated/α-hetero) is 1. The molecule has 6 nitrogen and oxygen atoms in total. The second-order valence-corrected chi connectivity index (χ2v) is 9.13. The lowest BCUT2D eigenvalue weighted by molar-refractivity contribution is -0.143. The Kier molecular flexibility index (Phi) is 8.16. The number of anilines is 1. The number of rotatable bonds is 11. The molecule has 1 atom stereocenters. The normalized spacial score (nSPS) is 12.0. The molecule has 3 aromatic carbocycles. The third kappa shape index (κ3) is 6.19. The molecule has 1 heterocycles. The largest absolute Gasteiger partial charge is 0.466 e. The maximum absolute atomic E-state index is 12.5. The molecule has 1 unspecified atom stereocenters. The molecule has 0 aliphatic heterocycles. The number of nitrogens with zero attached hydrogens (tertiary/aromatic N) is 1. The predicted octanol–water partition coefficient (Wildman–Crippen LogP) is 7.22. The molecule has 36 heavy (non-hydrogen) atoms. The Bertz CT molecular complexity index is 1270. The molecule has 4 rings (SSSR count). The topological polar surface area (TPSA) is 81.4 Å². The monoisotopic (exact) mass is 484 g/mol. The zero-order valence-corrected chi connectivity index (χ0v) is 21.0. The molecule has 1 N–H and O–H groups in total. The van der Waals surface area contributed by atoms with E-state index < -0.39 is 0 Å². The lowest BCUT2D eigenvalue weighted by Crippen LogP contribution is -2.16. The van der Waals surface area contributed by atoms with Gasteiger partial charge in [-0.2, -0.15) is 0 Å². The van der Waals surface area contributed by atoms with Crippen LogP contribution >= 0.6 is 0 Å². The summed E-state index contributed by atoms with van der Waals surface area (Å²) in [7, 11) is 0. The van der Waals surface area contributed by atoms with E-state index in [-0.39, 0.29) is 24.2 Å². The van der Waals surface area contributed by atoms with Gasteiger partial charge in [0.1, 0.15) is 5.52 Å². The van der Waals surface area contributed by atoms with E-state index >= 15 is 0 Å². The second kappa shape index (κ2) is 11.7. The number of aromatic nitrogens is 1. The average molecular weight is 485 g/mol. The van der Waals surface area contributed by atoms with Crippen LogP contribution < -0.4 is 5.32 Å². The van der Waals surface area contributed by atoms with Crippen molar-refractivity contribution in [1.82, 2.24) is 4.98 Å². The molecule has 0 spiro atoms. The number of carbonyl (C=O) groups excluding carboxylic acids is 2. The molecule has 0 fully saturated rings. The SMILES string of the molecule is CCOC(=O)CCCC(=O)c1ccc(NC(c2ccc(-c3nc4ccccc4o3)cc2)C(C)C)cc1. The van der Waals surface area contributed by atoms with Gasteiger partial charge in [-0.15, -0.1) is 0 Å². The van der Waals surface area contributed by atoms with Gasteiger partial charge in [-0.05, 0) is 73.4 Å². The fourth-order valence-corrected chi connectivity index (χ4v) is 4.17. The molecule has 6 heteroatoms. The Morgan fingerprint density at radius 1 is 0.944 bits per heavy atom. The zero-order valence-electron chi connectivity index (χ0n) is 21.0. The lowest BCUT2D eigenvalue weighted by Gasteiger charge is -2.24. The Morgan fingerprint density at radius 3 is 2.33 bits per heavy atom. The van der Waals surface area contributed by atoms with Crippen molar-refractivity contribution in [3.8, 4) is 11.5 Å². The number of para-hydroxylation sites is 2. The van der Waals surface area contributed by atoms with E-state index in [1.807, 2.05) is 60.7 Å². The standard InChI is InChI=1S/C30H32N2O4/c1-4-35-28(34)11-7-9-26(33)21-16-18-24(19-17-21)31-29(20(2)3)22-12-14-23(15-13-22)30-32-25-8-5-6-10-27(25)36-30/h5-6,8,10,12-20,29,31H,4,7,9,11H2,1-3H3. The van der Waals surface area contributed by atoms with Crippen molar-refractivity contribution >= 4 is 28.5 Å². The average Bonchev–Trinajstić information content (AvgIpc) is 3.32. The van der Waals surface area contributed by atoms with Crippen LogP contribution in [0.15, 0.2) is 77.2 Å². The first-order chi connectivity index (χ1) is 17.4. The molecule has 0 radical (unpaired) electrons. The van der Waals surface area contributed by atoms with Crippen molar-refractivity contribution in [2.75, 3.05) is 11.9 Å². The minimum absolute atomic E-state index is 0.0287. The molecule has 0 aliphatic rings. The number of fused-ring (bicyclic) bond motifs is 1. The maximum atomic E-state index is 12.5. The summed E-state index contributed by atoms with van der Waals surface area (Å²) in [4.78, 5) is 28.5. The molecule has 0 bridgehead atoms. The summed E-state index contributed by atoms with van der Waals surface area (Å²) in [6.45, 7) is 6.49. The van der Waals surface area contributed by atoms with Gasteiger partial charge in [0, 0.05) is 29.7 Å². The van der Waals surface area contributed by atoms with Gasteiger partial charge in [0.15, 0.2) is 11.4 Å². The van der Waals surface area contributed by atoms with Gasteiger partial charge in [-0.1, -0.05) is 38.1 Å². The molecule has 4 aromatic rings. The van der Waals surface area contributed by atoms with E-state index in [0.717, 1.165) is 27.9 Å². The molecule has 0 saturated heterocycles. The summed E-state index contributed by atoms with van der Waals surface area (Å²) in [5.74, 6) is 0.719. The minimum Gasteiger partial charge on any atom is -0.466 e. The number of nitrogens with one attached hydrogen (secondary N) is 1. The minimum atomic E-state index is -0.258. The van der Waals surface area contributed by atoms with Gasteiger partial charge in [-0.3, -0.25) is 9.59 Å². The summed E-state index contributed by atoms with van der Waals surface area (Å²) < 4.78 is 10.8. The molecule has 1 aromatic heterocycles. The van der Waals surface area contributed by atoms with E-state index in [0.29, 0.717) is 36.8 Å². The van der Waals surface area contributed by atoms with Crippen LogP contribution in [0.2, 0.25) is 0 Å². The van der Waals surface area contributed by atoms with Crippen LogP contribution in [0.5, 0.6) is 0 Å². The van der Waals surface area contributed by atoms with Crippen molar-refractivity contribution in [3.63, 3.8) is 0 Å². The van der Waals surface area contributed by atoms with E-state index in [2.05, 4.69) is 36.3 Å². The fraction of sp³-hybridized carbons (Fsp3) is 0.300. The van der Waals surface area contributed by atoms with Crippen LogP contribution in [0.1, 0.15) is 62.0 Å². The van der Waals surface area contributed by atoms with Crippen LogP contribution in [0, 0.1) is 5.92 Å². The van der Waals surface area contributed by atoms with E-state index in [9.17, 15) is 9.59 Å². The highest BCUT2D eigenvalue weighted by molar-refractivity contribution is 5.96. The first kappa shape index (κ1) is 25.2. The molecular weight excluding hydrogens is 452 g/mol. The van der Waals surface area contributed by atoms with Crippen molar-refractivity contribution in [2.24, 2.45) is 5.92 Å². The van der Waals surface area contributed by atoms with Crippen LogP contribution in [0.4, 0.5) is 5.69 Å². The van der Waals surface area contributed by atoms with Crippen LogP contribution in [-0.4, -0.2) is 23.3 Å². The number of oxazole rings is 1. The van der Waals surface area contributed by atoms with Gasteiger partial charge in [0.2, 0.25) is 5.89 Å². The Balaban J connectivity index is 1.40. The summed E-state index contributed by atoms with van der Waals surface area (Å²) >= 11 is 0. The van der Waals surface area contributed by atoms with Crippen molar-refractivity contribution in [2.45, 2.75) is 46.1 Å². The first-order valence-electron chi connectivity index (χ1n) is 12.5. The highest BCUT2D eigenvalue weighted by Crippen LogP contribution is 2.30. The first-order valence-corrected chi connectivity index (χ1v) is 12.5. The van der Waals surface area contributed by atoms with Gasteiger partial charge in [0.25, 0.3) is 0 Å². The summed E-state index contributed by atoms with van der Waals surface area (Å²) in [6.07, 6.45) is 1.08. The summed E-state index contributed by atoms with van der Waals surface area (Å²) in [5, 5.41) is 3.60. The molecule has 0 amide bonds. The van der Waals surface area contributed by atoms with E-state index in [1.54, 1.807) is 6.92 Å². The smallest absolute Gasteiger partial charge is 0.305 e. The number of benzene rings is 3. The van der Waals surface area contributed by atoms with Crippen LogP contribution in [0.25, 0.3) is 22.6 Å². The third-order valence-corrected chi connectivity index (χ3v) is 6.10. The van der Waals surface area contributed by atoms with Gasteiger partial charge in [0.05, 0.1) is 12.6 Å². The van der Waals surface area contributed by atoms with Gasteiger partial charge >= 0.3 is 5.97 Å². The summed E-state index contributed by atoms with van der Waals surface area (Å²) in [5.41, 5.74) is 5.30. The van der Waals surface area contributed by atoms with Crippen molar-refractivity contribution < 1.29 is 18.7 Å². The van der Waals surface area contributed by atoms with Crippen LogP contribution in [0.3, 0.4) is 0 Å². The van der Waals surface area contributed by atoms with Crippen molar-refractivity contribution in [3.05, 3.63) is 83.9 Å². The molecule has 0 saturated carbocycles. The van der Waals surface area contributed by atoms with Gasteiger partial charge < -0.3 is 14.5 Å². The number of carbonyl (C=O) groups is 2. The second-order valence-electron chi connectivity index (χ2n) is 9.13. The lowest BCUT2D eigenvalue weighted by atomic mass is 9.94. The highest BCUT2D eigenvalue weighted by atomic mass is 16.5. The van der Waals surface area contributed by atoms with Crippen LogP contribution in [-0.2, 0) is 9.53 Å². The van der Waals surface area contributed by atoms with E-state index in [4.69, 9.17) is 9.15 Å². The Hall–Kier alpha value is -3.93. The predicted molar refractivity (Wildman–Crippen MR) is 142 cm³/mol. The van der Waals surface area contributed by atoms with E-state index in [1.165, 1.54) is 0 Å². The Labute approximate surface area is 211 Å². The number of esters is 1. The number of ketones is 1. The number of ether oxygens (including phenoxy) is 1. The molecular formula is C30H32N2O4. The quantitative estimate of drug-likeness (QED) is 0.179. The zero-order chi connectivity index (χ0) is 25.5. The van der Waals surface area contributed by atoms with Gasteiger partial charge in [-0.25, -0.2) is 4.98 Å². The summed E-state index contributed by atoms with van der Waals surface area (Å²) in [6, 6.07) is 23.6. The number of hydrogen-bond acceptors (Lipinski definition) is 6. The third-order valence-electron chi connectivity index (χ3n) is 6.10. The highest BCUT2D eigenvalue weighted by Gasteiger charge is 2.17. The number of hydrogen-bond donors (Lipinski definition) is 1. The fourth-order valence-electron chi connectivity index (χ4n) is 4.17. The molecule has 0 aliphatic carbocycles. The van der Waals surface area contributed by atoms with Crippen molar-refractivity contribution in [1.29, 1.82) is 0 Å². The molecule has 186 valence electrons. The Morgan fingerprint density at radius 2 is 1.67 bits per heavy atom. The maximum Gasteiger partial charge on any atom is 0.305 e.